The molecule has 0 amide bonds. The van der Waals surface area contributed by atoms with Crippen molar-refractivity contribution in [2.75, 3.05) is 5.32 Å². The van der Waals surface area contributed by atoms with E-state index in [2.05, 4.69) is 10.3 Å². The first-order valence-corrected chi connectivity index (χ1v) is 5.97. The van der Waals surface area contributed by atoms with Crippen LogP contribution in [-0.4, -0.2) is 9.55 Å². The van der Waals surface area contributed by atoms with Crippen LogP contribution in [0.4, 0.5) is 5.69 Å². The molecule has 0 bridgehead atoms. The van der Waals surface area contributed by atoms with Crippen molar-refractivity contribution < 1.29 is 0 Å². The minimum absolute atomic E-state index is 0.431. The van der Waals surface area contributed by atoms with Crippen LogP contribution in [0.1, 0.15) is 11.4 Å². The third-order valence-corrected chi connectivity index (χ3v) is 3.23. The van der Waals surface area contributed by atoms with Crippen molar-refractivity contribution in [1.82, 2.24) is 9.55 Å². The van der Waals surface area contributed by atoms with Crippen molar-refractivity contribution in [3.63, 3.8) is 0 Å². The molecule has 2 aromatic rings. The summed E-state index contributed by atoms with van der Waals surface area (Å²) in [4.78, 5) is 4.17. The van der Waals surface area contributed by atoms with E-state index >= 15 is 0 Å². The molecule has 0 fully saturated rings. The molecule has 1 aromatic heterocycles. The molecule has 0 saturated carbocycles. The predicted octanol–water partition coefficient (Wildman–Crippen LogP) is 3.21. The summed E-state index contributed by atoms with van der Waals surface area (Å²) < 4.78 is 1.79. The molecule has 92 valence electrons. The number of halogens is 2. The van der Waals surface area contributed by atoms with Crippen molar-refractivity contribution in [2.45, 2.75) is 6.54 Å². The highest BCUT2D eigenvalue weighted by Gasteiger charge is 2.05. The quantitative estimate of drug-likeness (QED) is 0.939. The molecule has 6 heteroatoms. The molecule has 4 nitrogen and oxygen atoms in total. The molecule has 0 aliphatic rings. The van der Waals surface area contributed by atoms with Crippen molar-refractivity contribution in [3.05, 3.63) is 46.0 Å². The third-order valence-electron chi connectivity index (χ3n) is 2.57. The molecule has 0 saturated heterocycles. The van der Waals surface area contributed by atoms with Crippen LogP contribution < -0.4 is 5.32 Å². The summed E-state index contributed by atoms with van der Waals surface area (Å²) in [6.45, 7) is 0.533. The van der Waals surface area contributed by atoms with Crippen LogP contribution in [0.3, 0.4) is 0 Å². The van der Waals surface area contributed by atoms with Gasteiger partial charge >= 0.3 is 0 Å². The molecule has 0 aliphatic carbocycles. The highest BCUT2D eigenvalue weighted by molar-refractivity contribution is 6.32. The summed E-state index contributed by atoms with van der Waals surface area (Å²) in [5.41, 5.74) is 1.29. The van der Waals surface area contributed by atoms with Crippen molar-refractivity contribution >= 4 is 28.9 Å². The van der Waals surface area contributed by atoms with E-state index in [0.29, 0.717) is 22.3 Å². The zero-order valence-electron chi connectivity index (χ0n) is 9.61. The maximum Gasteiger partial charge on any atom is 0.128 e. The Balaban J connectivity index is 2.09. The number of hydrogen-bond acceptors (Lipinski definition) is 3. The zero-order valence-corrected chi connectivity index (χ0v) is 11.1. The van der Waals surface area contributed by atoms with Gasteiger partial charge in [-0.3, -0.25) is 0 Å². The number of benzene rings is 1. The molecule has 2 rings (SSSR count). The normalized spacial score (nSPS) is 10.1. The average molecular weight is 281 g/mol. The molecule has 0 unspecified atom stereocenters. The van der Waals surface area contributed by atoms with Gasteiger partial charge in [-0.15, -0.1) is 0 Å². The van der Waals surface area contributed by atoms with Gasteiger partial charge in [-0.2, -0.15) is 5.26 Å². The van der Waals surface area contributed by atoms with E-state index in [9.17, 15) is 0 Å². The first kappa shape index (κ1) is 12.7. The maximum atomic E-state index is 8.77. The fourth-order valence-corrected chi connectivity index (χ4v) is 1.85. The zero-order chi connectivity index (χ0) is 13.1. The van der Waals surface area contributed by atoms with Gasteiger partial charge in [0.1, 0.15) is 17.0 Å². The lowest BCUT2D eigenvalue weighted by molar-refractivity contribution is 0.813. The molecule has 1 N–H and O–H groups in total. The van der Waals surface area contributed by atoms with Gasteiger partial charge in [0.15, 0.2) is 0 Å². The number of hydrogen-bond donors (Lipinski definition) is 1. The smallest absolute Gasteiger partial charge is 0.128 e. The van der Waals surface area contributed by atoms with Crippen LogP contribution in [0.2, 0.25) is 10.2 Å². The molecule has 1 heterocycles. The van der Waals surface area contributed by atoms with Gasteiger partial charge in [0.2, 0.25) is 0 Å². The summed E-state index contributed by atoms with van der Waals surface area (Å²) in [6.07, 6.45) is 1.60. The molecule has 0 aliphatic heterocycles. The number of anilines is 1. The van der Waals surface area contributed by atoms with Gasteiger partial charge in [-0.25, -0.2) is 4.98 Å². The molecule has 1 aromatic carbocycles. The van der Waals surface area contributed by atoms with Crippen LogP contribution in [0.25, 0.3) is 0 Å². The predicted molar refractivity (Wildman–Crippen MR) is 71.7 cm³/mol. The highest BCUT2D eigenvalue weighted by Crippen LogP contribution is 2.20. The Bertz CT molecular complexity index is 613. The molecular weight excluding hydrogens is 271 g/mol. The summed E-state index contributed by atoms with van der Waals surface area (Å²) in [6, 6.07) is 7.21. The molecular formula is C12H10Cl2N4. The minimum atomic E-state index is 0.431. The Morgan fingerprint density at radius 3 is 2.78 bits per heavy atom. The van der Waals surface area contributed by atoms with Gasteiger partial charge in [0.25, 0.3) is 0 Å². The van der Waals surface area contributed by atoms with Gasteiger partial charge in [-0.1, -0.05) is 23.2 Å². The number of nitrogens with one attached hydrogen (secondary N) is 1. The Kier molecular flexibility index (Phi) is 3.75. The summed E-state index contributed by atoms with van der Waals surface area (Å²) >= 11 is 11.8. The fraction of sp³-hybridized carbons (Fsp3) is 0.167. The van der Waals surface area contributed by atoms with Crippen LogP contribution in [0.15, 0.2) is 24.4 Å². The summed E-state index contributed by atoms with van der Waals surface area (Å²) in [5.74, 6) is 0.820. The molecule has 18 heavy (non-hydrogen) atoms. The second-order valence-corrected chi connectivity index (χ2v) is 4.51. The van der Waals surface area contributed by atoms with Gasteiger partial charge in [0.05, 0.1) is 23.3 Å². The van der Waals surface area contributed by atoms with Gasteiger partial charge < -0.3 is 9.88 Å². The van der Waals surface area contributed by atoms with E-state index in [1.165, 1.54) is 0 Å². The SMILES string of the molecule is Cn1c(Cl)cnc1CNc1ccc(C#N)c(Cl)c1. The van der Waals surface area contributed by atoms with E-state index in [-0.39, 0.29) is 0 Å². The van der Waals surface area contributed by atoms with Gasteiger partial charge in [-0.05, 0) is 18.2 Å². The van der Waals surface area contributed by atoms with E-state index < -0.39 is 0 Å². The maximum absolute atomic E-state index is 8.77. The summed E-state index contributed by atoms with van der Waals surface area (Å²) in [5, 5.41) is 13.0. The number of rotatable bonds is 3. The number of aromatic nitrogens is 2. The van der Waals surface area contributed by atoms with Crippen LogP contribution in [-0.2, 0) is 13.6 Å². The minimum Gasteiger partial charge on any atom is -0.378 e. The second kappa shape index (κ2) is 5.30. The average Bonchev–Trinajstić information content (AvgIpc) is 2.68. The Hall–Kier alpha value is -1.70. The van der Waals surface area contributed by atoms with Crippen LogP contribution >= 0.6 is 23.2 Å². The molecule has 0 atom stereocenters. The fourth-order valence-electron chi connectivity index (χ4n) is 1.49. The van der Waals surface area contributed by atoms with Crippen molar-refractivity contribution in [3.8, 4) is 6.07 Å². The standard InChI is InChI=1S/C12H10Cl2N4/c1-18-11(14)6-17-12(18)7-16-9-3-2-8(5-15)10(13)4-9/h2-4,6,16H,7H2,1H3. The van der Waals surface area contributed by atoms with E-state index in [1.807, 2.05) is 13.1 Å². The van der Waals surface area contributed by atoms with Crippen molar-refractivity contribution in [2.24, 2.45) is 7.05 Å². The third kappa shape index (κ3) is 2.58. The summed E-state index contributed by atoms with van der Waals surface area (Å²) in [7, 11) is 1.85. The Labute approximate surface area is 115 Å². The number of imidazole rings is 1. The largest absolute Gasteiger partial charge is 0.378 e. The van der Waals surface area contributed by atoms with Crippen LogP contribution in [0, 0.1) is 11.3 Å². The lowest BCUT2D eigenvalue weighted by atomic mass is 10.2. The highest BCUT2D eigenvalue weighted by atomic mass is 35.5. The monoisotopic (exact) mass is 280 g/mol. The van der Waals surface area contributed by atoms with E-state index in [0.717, 1.165) is 11.5 Å². The topological polar surface area (TPSA) is 53.6 Å². The lowest BCUT2D eigenvalue weighted by Crippen LogP contribution is -2.06. The van der Waals surface area contributed by atoms with Gasteiger partial charge in [0, 0.05) is 12.7 Å². The Morgan fingerprint density at radius 1 is 1.44 bits per heavy atom. The number of nitrogens with zero attached hydrogens (tertiary/aromatic N) is 3. The second-order valence-electron chi connectivity index (χ2n) is 3.72. The first-order valence-electron chi connectivity index (χ1n) is 5.21. The molecule has 0 radical (unpaired) electrons. The molecule has 0 spiro atoms. The van der Waals surface area contributed by atoms with Crippen LogP contribution in [0.5, 0.6) is 0 Å². The van der Waals surface area contributed by atoms with E-state index in [1.54, 1.807) is 29.0 Å². The lowest BCUT2D eigenvalue weighted by Gasteiger charge is -2.07. The van der Waals surface area contributed by atoms with E-state index in [4.69, 9.17) is 28.5 Å². The first-order chi connectivity index (χ1) is 8.61. The Morgan fingerprint density at radius 2 is 2.22 bits per heavy atom. The number of nitriles is 1. The van der Waals surface area contributed by atoms with Crippen molar-refractivity contribution in [1.29, 1.82) is 5.26 Å².